The first-order valence-electron chi connectivity index (χ1n) is 9.01. The molecule has 3 rings (SSSR count). The summed E-state index contributed by atoms with van der Waals surface area (Å²) >= 11 is 3.42. The normalized spacial score (nSPS) is 10.8. The number of amides is 1. The Hall–Kier alpha value is -2.77. The lowest BCUT2D eigenvalue weighted by Gasteiger charge is -2.14. The maximum Gasteiger partial charge on any atom is 0.340 e. The first-order valence-corrected chi connectivity index (χ1v) is 9.80. The molecule has 1 N–H and O–H groups in total. The quantitative estimate of drug-likeness (QED) is 0.550. The van der Waals surface area contributed by atoms with Gasteiger partial charge < -0.3 is 14.8 Å². The Labute approximate surface area is 177 Å². The number of esters is 1. The number of carbonyl (C=O) groups excluding carboxylic acids is 2. The number of aryl methyl sites for hydroxylation is 2. The van der Waals surface area contributed by atoms with Crippen LogP contribution in [0.15, 0.2) is 46.9 Å². The maximum atomic E-state index is 12.8. The first kappa shape index (κ1) is 21.0. The largest absolute Gasteiger partial charge is 0.452 e. The molecule has 0 fully saturated rings. The monoisotopic (exact) mass is 456 g/mol. The third kappa shape index (κ3) is 4.81. The summed E-state index contributed by atoms with van der Waals surface area (Å²) in [6.07, 6.45) is 0. The van der Waals surface area contributed by atoms with E-state index >= 15 is 0 Å². The molecule has 0 aliphatic carbocycles. The minimum Gasteiger partial charge on any atom is -0.452 e. The van der Waals surface area contributed by atoms with Gasteiger partial charge in [-0.3, -0.25) is 4.79 Å². The summed E-state index contributed by atoms with van der Waals surface area (Å²) in [6.45, 7) is 3.53. The molecule has 0 saturated carbocycles. The fraction of sp³-hybridized carbons (Fsp3) is 0.227. The van der Waals surface area contributed by atoms with Crippen LogP contribution in [0.3, 0.4) is 0 Å². The van der Waals surface area contributed by atoms with E-state index < -0.39 is 18.5 Å². The number of hydrogen-bond acceptors (Lipinski definition) is 5. The molecule has 0 saturated heterocycles. The highest BCUT2D eigenvalue weighted by Gasteiger charge is 2.21. The van der Waals surface area contributed by atoms with E-state index in [9.17, 15) is 9.59 Å². The smallest absolute Gasteiger partial charge is 0.340 e. The van der Waals surface area contributed by atoms with Crippen molar-refractivity contribution >= 4 is 44.4 Å². The SMILES string of the molecule is COCc1nc2ccccc2c(C)c1C(=O)OCC(=O)Nc1ccc(Br)c(C)c1. The van der Waals surface area contributed by atoms with Crippen molar-refractivity contribution < 1.29 is 19.1 Å². The van der Waals surface area contributed by atoms with Crippen LogP contribution in [-0.4, -0.2) is 30.6 Å². The molecule has 0 atom stereocenters. The Morgan fingerprint density at radius 1 is 1.14 bits per heavy atom. The van der Waals surface area contributed by atoms with E-state index in [4.69, 9.17) is 9.47 Å². The molecule has 0 aliphatic heterocycles. The van der Waals surface area contributed by atoms with Crippen LogP contribution in [0.1, 0.15) is 27.2 Å². The Morgan fingerprint density at radius 2 is 1.90 bits per heavy atom. The van der Waals surface area contributed by atoms with Crippen molar-refractivity contribution in [2.24, 2.45) is 0 Å². The van der Waals surface area contributed by atoms with Gasteiger partial charge in [-0.1, -0.05) is 34.1 Å². The van der Waals surface area contributed by atoms with Gasteiger partial charge in [-0.2, -0.15) is 0 Å². The van der Waals surface area contributed by atoms with Gasteiger partial charge in [0.2, 0.25) is 0 Å². The van der Waals surface area contributed by atoms with Crippen LogP contribution in [0.2, 0.25) is 0 Å². The summed E-state index contributed by atoms with van der Waals surface area (Å²) in [7, 11) is 1.54. The van der Waals surface area contributed by atoms with Gasteiger partial charge in [-0.05, 0) is 49.2 Å². The summed E-state index contributed by atoms with van der Waals surface area (Å²) in [6, 6.07) is 13.0. The molecule has 150 valence electrons. The molecule has 0 unspecified atom stereocenters. The molecular weight excluding hydrogens is 436 g/mol. The average molecular weight is 457 g/mol. The van der Waals surface area contributed by atoms with Crippen molar-refractivity contribution in [3.63, 3.8) is 0 Å². The number of methoxy groups -OCH3 is 1. The third-order valence-corrected chi connectivity index (χ3v) is 5.38. The molecule has 7 heteroatoms. The van der Waals surface area contributed by atoms with Crippen LogP contribution in [0.25, 0.3) is 10.9 Å². The number of carbonyl (C=O) groups is 2. The van der Waals surface area contributed by atoms with Gasteiger partial charge in [0, 0.05) is 22.7 Å². The molecule has 1 amide bonds. The van der Waals surface area contributed by atoms with Crippen molar-refractivity contribution in [3.05, 3.63) is 69.3 Å². The van der Waals surface area contributed by atoms with Gasteiger partial charge in [0.05, 0.1) is 23.4 Å². The molecule has 2 aromatic carbocycles. The second-order valence-corrected chi connectivity index (χ2v) is 7.45. The number of hydrogen-bond donors (Lipinski definition) is 1. The van der Waals surface area contributed by atoms with Crippen LogP contribution in [-0.2, 0) is 20.9 Å². The number of nitrogens with one attached hydrogen (secondary N) is 1. The Bertz CT molecular complexity index is 1080. The van der Waals surface area contributed by atoms with Crippen molar-refractivity contribution in [3.8, 4) is 0 Å². The van der Waals surface area contributed by atoms with Crippen molar-refractivity contribution in [1.82, 2.24) is 4.98 Å². The molecule has 0 radical (unpaired) electrons. The maximum absolute atomic E-state index is 12.8. The van der Waals surface area contributed by atoms with Crippen LogP contribution in [0, 0.1) is 13.8 Å². The standard InChI is InChI=1S/C22H21BrN2O4/c1-13-10-15(8-9-17(13)23)24-20(26)12-29-22(27)21-14(2)16-6-4-5-7-18(16)25-19(21)11-28-3/h4-10H,11-12H2,1-3H3,(H,24,26). The fourth-order valence-corrected chi connectivity index (χ4v) is 3.32. The number of rotatable bonds is 6. The highest BCUT2D eigenvalue weighted by molar-refractivity contribution is 9.10. The van der Waals surface area contributed by atoms with E-state index in [1.54, 1.807) is 6.07 Å². The van der Waals surface area contributed by atoms with Gasteiger partial charge in [-0.25, -0.2) is 9.78 Å². The van der Waals surface area contributed by atoms with E-state index in [1.165, 1.54) is 7.11 Å². The van der Waals surface area contributed by atoms with Crippen LogP contribution in [0.5, 0.6) is 0 Å². The molecule has 6 nitrogen and oxygen atoms in total. The average Bonchev–Trinajstić information content (AvgIpc) is 2.69. The van der Waals surface area contributed by atoms with Crippen molar-refractivity contribution in [1.29, 1.82) is 0 Å². The zero-order valence-electron chi connectivity index (χ0n) is 16.4. The second-order valence-electron chi connectivity index (χ2n) is 6.60. The summed E-state index contributed by atoms with van der Waals surface area (Å²) < 4.78 is 11.4. The van der Waals surface area contributed by atoms with Crippen LogP contribution < -0.4 is 5.32 Å². The predicted octanol–water partition coefficient (Wildman–Crippen LogP) is 4.56. The van der Waals surface area contributed by atoms with Gasteiger partial charge in [0.1, 0.15) is 0 Å². The molecule has 0 aliphatic rings. The van der Waals surface area contributed by atoms with E-state index in [0.29, 0.717) is 16.9 Å². The lowest BCUT2D eigenvalue weighted by Crippen LogP contribution is -2.22. The summed E-state index contributed by atoms with van der Waals surface area (Å²) in [5.74, 6) is -1.02. The second kappa shape index (κ2) is 9.15. The van der Waals surface area contributed by atoms with Crippen LogP contribution in [0.4, 0.5) is 5.69 Å². The number of para-hydroxylation sites is 1. The first-order chi connectivity index (χ1) is 13.9. The Morgan fingerprint density at radius 3 is 2.62 bits per heavy atom. The molecule has 1 heterocycles. The Kier molecular flexibility index (Phi) is 6.61. The number of anilines is 1. The minimum atomic E-state index is -0.602. The molecule has 29 heavy (non-hydrogen) atoms. The lowest BCUT2D eigenvalue weighted by atomic mass is 10.0. The zero-order chi connectivity index (χ0) is 21.0. The molecule has 3 aromatic rings. The third-order valence-electron chi connectivity index (χ3n) is 4.49. The van der Waals surface area contributed by atoms with Gasteiger partial charge in [0.25, 0.3) is 5.91 Å². The molecule has 0 spiro atoms. The lowest BCUT2D eigenvalue weighted by molar-refractivity contribution is -0.119. The minimum absolute atomic E-state index is 0.167. The van der Waals surface area contributed by atoms with Gasteiger partial charge >= 0.3 is 5.97 Å². The van der Waals surface area contributed by atoms with E-state index in [2.05, 4.69) is 26.2 Å². The predicted molar refractivity (Wildman–Crippen MR) is 115 cm³/mol. The fourth-order valence-electron chi connectivity index (χ4n) is 3.08. The number of pyridine rings is 1. The highest BCUT2D eigenvalue weighted by atomic mass is 79.9. The number of benzene rings is 2. The summed E-state index contributed by atoms with van der Waals surface area (Å²) in [5.41, 5.74) is 3.96. The summed E-state index contributed by atoms with van der Waals surface area (Å²) in [5, 5.41) is 3.58. The van der Waals surface area contributed by atoms with Gasteiger partial charge in [0.15, 0.2) is 6.61 Å². The Balaban J connectivity index is 1.76. The van der Waals surface area contributed by atoms with Crippen LogP contribution >= 0.6 is 15.9 Å². The van der Waals surface area contributed by atoms with Crippen molar-refractivity contribution in [2.75, 3.05) is 19.0 Å². The van der Waals surface area contributed by atoms with E-state index in [0.717, 1.165) is 26.5 Å². The summed E-state index contributed by atoms with van der Waals surface area (Å²) in [4.78, 5) is 29.5. The van der Waals surface area contributed by atoms with E-state index in [1.807, 2.05) is 50.2 Å². The molecule has 0 bridgehead atoms. The topological polar surface area (TPSA) is 77.5 Å². The number of halogens is 1. The highest BCUT2D eigenvalue weighted by Crippen LogP contribution is 2.24. The van der Waals surface area contributed by atoms with Crippen molar-refractivity contribution in [2.45, 2.75) is 20.5 Å². The number of fused-ring (bicyclic) bond motifs is 1. The van der Waals surface area contributed by atoms with Gasteiger partial charge in [-0.15, -0.1) is 0 Å². The zero-order valence-corrected chi connectivity index (χ0v) is 18.0. The number of ether oxygens (including phenoxy) is 2. The number of aromatic nitrogens is 1. The molecular formula is C22H21BrN2O4. The van der Waals surface area contributed by atoms with E-state index in [-0.39, 0.29) is 6.61 Å². The molecule has 1 aromatic heterocycles. The number of nitrogens with zero attached hydrogens (tertiary/aromatic N) is 1.